The van der Waals surface area contributed by atoms with Gasteiger partial charge in [-0.15, -0.1) is 0 Å². The molecule has 7 aromatic carbocycles. The van der Waals surface area contributed by atoms with Crippen molar-refractivity contribution >= 4 is 76.7 Å². The van der Waals surface area contributed by atoms with Crippen molar-refractivity contribution in [1.29, 1.82) is 0 Å². The van der Waals surface area contributed by atoms with Gasteiger partial charge in [-0.1, -0.05) is 109 Å². The maximum atomic E-state index is 6.64. The zero-order valence-electron chi connectivity index (χ0n) is 26.0. The summed E-state index contributed by atoms with van der Waals surface area (Å²) in [6.07, 6.45) is 0. The van der Waals surface area contributed by atoms with Crippen molar-refractivity contribution in [3.05, 3.63) is 146 Å². The third-order valence-electron chi connectivity index (χ3n) is 9.71. The van der Waals surface area contributed by atoms with E-state index in [1.807, 2.05) is 60.7 Å². The van der Waals surface area contributed by atoms with E-state index in [1.54, 1.807) is 0 Å². The van der Waals surface area contributed by atoms with E-state index in [4.69, 9.17) is 23.2 Å². The van der Waals surface area contributed by atoms with Crippen LogP contribution in [-0.4, -0.2) is 9.97 Å². The number of para-hydroxylation sites is 2. The number of nitrogens with zero attached hydrogens (tertiary/aromatic N) is 2. The third kappa shape index (κ3) is 3.75. The minimum atomic E-state index is 0.614. The summed E-state index contributed by atoms with van der Waals surface area (Å²) in [6.45, 7) is 0. The number of aromatic nitrogens is 2. The van der Waals surface area contributed by atoms with Crippen LogP contribution in [0.25, 0.3) is 110 Å². The number of furan rings is 3. The molecule has 5 heteroatoms. The summed E-state index contributed by atoms with van der Waals surface area (Å²) in [5.41, 5.74) is 10.3. The van der Waals surface area contributed by atoms with Crippen molar-refractivity contribution in [2.24, 2.45) is 0 Å². The van der Waals surface area contributed by atoms with Gasteiger partial charge in [0.15, 0.2) is 11.4 Å². The van der Waals surface area contributed by atoms with Crippen LogP contribution in [0.2, 0.25) is 0 Å². The average Bonchev–Trinajstić information content (AvgIpc) is 3.86. The standard InChI is InChI=1S/C44H24N2O3/c1-2-12-25(13-3-1)26-18-10-23-37-38(26)33-24-32(27-14-4-5-15-28(27)42(33)49-37)44-45-40-30-17-7-9-21-35(30)48-43(40)41(46-44)31-19-11-22-36-39(31)29-16-6-8-20-34(29)47-36/h1-24H. The first-order valence-corrected chi connectivity index (χ1v) is 16.3. The van der Waals surface area contributed by atoms with E-state index < -0.39 is 0 Å². The fraction of sp³-hybridized carbons (Fsp3) is 0. The molecule has 11 aromatic rings. The molecular formula is C44H24N2O3. The second-order valence-corrected chi connectivity index (χ2v) is 12.4. The van der Waals surface area contributed by atoms with Crippen LogP contribution in [0, 0.1) is 0 Å². The quantitative estimate of drug-likeness (QED) is 0.195. The van der Waals surface area contributed by atoms with Crippen molar-refractivity contribution in [3.8, 4) is 33.8 Å². The highest BCUT2D eigenvalue weighted by molar-refractivity contribution is 6.22. The average molecular weight is 629 g/mol. The van der Waals surface area contributed by atoms with Gasteiger partial charge in [-0.05, 0) is 52.9 Å². The predicted octanol–water partition coefficient (Wildman–Crippen LogP) is 12.3. The Bertz CT molecular complexity index is 3110. The molecule has 0 amide bonds. The van der Waals surface area contributed by atoms with Gasteiger partial charge in [0, 0.05) is 43.4 Å². The van der Waals surface area contributed by atoms with Crippen molar-refractivity contribution < 1.29 is 13.3 Å². The summed E-state index contributed by atoms with van der Waals surface area (Å²) in [5.74, 6) is 0.614. The molecule has 0 spiro atoms. The lowest BCUT2D eigenvalue weighted by atomic mass is 9.95. The third-order valence-corrected chi connectivity index (χ3v) is 9.71. The smallest absolute Gasteiger partial charge is 0.180 e. The van der Waals surface area contributed by atoms with Gasteiger partial charge in [0.05, 0.1) is 0 Å². The van der Waals surface area contributed by atoms with Crippen LogP contribution in [-0.2, 0) is 0 Å². The van der Waals surface area contributed by atoms with E-state index in [2.05, 4.69) is 84.9 Å². The highest BCUT2D eigenvalue weighted by atomic mass is 16.3. The molecule has 0 atom stereocenters. The predicted molar refractivity (Wildman–Crippen MR) is 198 cm³/mol. The number of hydrogen-bond donors (Lipinski definition) is 0. The Morgan fingerprint density at radius 3 is 1.78 bits per heavy atom. The minimum absolute atomic E-state index is 0.614. The molecule has 0 radical (unpaired) electrons. The zero-order valence-corrected chi connectivity index (χ0v) is 26.0. The fourth-order valence-corrected chi connectivity index (χ4v) is 7.56. The van der Waals surface area contributed by atoms with Gasteiger partial charge in [0.25, 0.3) is 0 Å². The molecule has 4 aromatic heterocycles. The SMILES string of the molecule is c1ccc(-c2cccc3oc4c5ccccc5c(-c5nc(-c6cccc7oc8ccccc8c67)c6oc7ccccc7c6n5)cc4c23)cc1. The molecule has 228 valence electrons. The van der Waals surface area contributed by atoms with E-state index in [1.165, 1.54) is 0 Å². The molecule has 0 bridgehead atoms. The van der Waals surface area contributed by atoms with Crippen LogP contribution in [0.3, 0.4) is 0 Å². The van der Waals surface area contributed by atoms with Crippen LogP contribution < -0.4 is 0 Å². The highest BCUT2D eigenvalue weighted by Gasteiger charge is 2.24. The summed E-state index contributed by atoms with van der Waals surface area (Å²) in [4.78, 5) is 10.7. The summed E-state index contributed by atoms with van der Waals surface area (Å²) >= 11 is 0. The Balaban J connectivity index is 1.28. The second kappa shape index (κ2) is 9.89. The first-order chi connectivity index (χ1) is 24.3. The summed E-state index contributed by atoms with van der Waals surface area (Å²) < 4.78 is 19.5. The normalized spacial score (nSPS) is 12.1. The lowest BCUT2D eigenvalue weighted by molar-refractivity contribution is 0.667. The van der Waals surface area contributed by atoms with Crippen LogP contribution in [0.1, 0.15) is 0 Å². The topological polar surface area (TPSA) is 65.2 Å². The lowest BCUT2D eigenvalue weighted by Gasteiger charge is -2.11. The molecule has 0 saturated carbocycles. The van der Waals surface area contributed by atoms with Crippen LogP contribution >= 0.6 is 0 Å². The number of benzene rings is 7. The maximum absolute atomic E-state index is 6.64. The summed E-state index contributed by atoms with van der Waals surface area (Å²) in [5, 5.41) is 7.09. The molecule has 0 saturated heterocycles. The van der Waals surface area contributed by atoms with Gasteiger partial charge < -0.3 is 13.3 Å². The first kappa shape index (κ1) is 26.4. The fourth-order valence-electron chi connectivity index (χ4n) is 7.56. The Hall–Kier alpha value is -6.72. The van der Waals surface area contributed by atoms with Crippen molar-refractivity contribution in [1.82, 2.24) is 9.97 Å². The monoisotopic (exact) mass is 628 g/mol. The van der Waals surface area contributed by atoms with E-state index in [-0.39, 0.29) is 0 Å². The van der Waals surface area contributed by atoms with Gasteiger partial charge in [-0.25, -0.2) is 9.97 Å². The Morgan fingerprint density at radius 2 is 0.959 bits per heavy atom. The lowest BCUT2D eigenvalue weighted by Crippen LogP contribution is -1.95. The molecule has 49 heavy (non-hydrogen) atoms. The van der Waals surface area contributed by atoms with Crippen molar-refractivity contribution in [3.63, 3.8) is 0 Å². The van der Waals surface area contributed by atoms with Gasteiger partial charge in [0.1, 0.15) is 39.1 Å². The van der Waals surface area contributed by atoms with Crippen molar-refractivity contribution in [2.45, 2.75) is 0 Å². The van der Waals surface area contributed by atoms with E-state index in [9.17, 15) is 0 Å². The van der Waals surface area contributed by atoms with E-state index in [0.717, 1.165) is 99.1 Å². The molecule has 0 unspecified atom stereocenters. The highest BCUT2D eigenvalue weighted by Crippen LogP contribution is 2.45. The molecule has 0 fully saturated rings. The molecule has 5 nitrogen and oxygen atoms in total. The summed E-state index contributed by atoms with van der Waals surface area (Å²) in [6, 6.07) is 49.6. The van der Waals surface area contributed by atoms with Gasteiger partial charge in [0.2, 0.25) is 0 Å². The van der Waals surface area contributed by atoms with E-state index >= 15 is 0 Å². The largest absolute Gasteiger partial charge is 0.456 e. The molecule has 0 aliphatic carbocycles. The van der Waals surface area contributed by atoms with Gasteiger partial charge in [-0.3, -0.25) is 0 Å². The molecular weight excluding hydrogens is 604 g/mol. The van der Waals surface area contributed by atoms with Crippen LogP contribution in [0.5, 0.6) is 0 Å². The number of hydrogen-bond acceptors (Lipinski definition) is 5. The second-order valence-electron chi connectivity index (χ2n) is 12.4. The molecule has 0 aliphatic heterocycles. The number of rotatable bonds is 3. The molecule has 4 heterocycles. The maximum Gasteiger partial charge on any atom is 0.180 e. The molecule has 11 rings (SSSR count). The van der Waals surface area contributed by atoms with Crippen molar-refractivity contribution in [2.75, 3.05) is 0 Å². The molecule has 0 N–H and O–H groups in total. The Kier molecular flexibility index (Phi) is 5.32. The summed E-state index contributed by atoms with van der Waals surface area (Å²) in [7, 11) is 0. The Morgan fingerprint density at radius 1 is 0.367 bits per heavy atom. The Labute approximate surface area is 278 Å². The zero-order chi connectivity index (χ0) is 32.1. The molecule has 0 aliphatic rings. The van der Waals surface area contributed by atoms with Gasteiger partial charge in [-0.2, -0.15) is 0 Å². The first-order valence-electron chi connectivity index (χ1n) is 16.3. The van der Waals surface area contributed by atoms with Crippen LogP contribution in [0.15, 0.2) is 159 Å². The minimum Gasteiger partial charge on any atom is -0.456 e. The van der Waals surface area contributed by atoms with E-state index in [0.29, 0.717) is 11.4 Å². The number of fused-ring (bicyclic) bond motifs is 11. The van der Waals surface area contributed by atoms with Gasteiger partial charge >= 0.3 is 0 Å². The van der Waals surface area contributed by atoms with Crippen LogP contribution in [0.4, 0.5) is 0 Å².